The van der Waals surface area contributed by atoms with Crippen LogP contribution in [0.4, 0.5) is 10.5 Å². The molecule has 0 radical (unpaired) electrons. The molecule has 1 amide bonds. The van der Waals surface area contributed by atoms with Crippen LogP contribution in [0.3, 0.4) is 0 Å². The molecule has 6 nitrogen and oxygen atoms in total. The molecule has 0 fully saturated rings. The normalized spacial score (nSPS) is 16.3. The average molecular weight is 495 g/mol. The molecule has 3 N–H and O–H groups in total. The Hall–Kier alpha value is -3.06. The Morgan fingerprint density at radius 3 is 2.66 bits per heavy atom. The van der Waals surface area contributed by atoms with Gasteiger partial charge < -0.3 is 20.4 Å². The highest BCUT2D eigenvalue weighted by molar-refractivity contribution is 7.12. The first kappa shape index (κ1) is 26.5. The molecule has 35 heavy (non-hydrogen) atoms. The van der Waals surface area contributed by atoms with Gasteiger partial charge in [0.1, 0.15) is 11.4 Å². The largest absolute Gasteiger partial charge is 0.444 e. The SMILES string of the molecule is CC.CCN(C(=O)OC(C)(C)C)C1CC=C(c2c[nH]c3ccc(N=C(N)c4cccs4)cc23)CC1. The molecule has 0 saturated heterocycles. The number of H-pyrrole nitrogens is 1. The number of nitrogens with zero attached hydrogens (tertiary/aromatic N) is 2. The number of hydrogen-bond donors (Lipinski definition) is 2. The fourth-order valence-corrected chi connectivity index (χ4v) is 4.89. The molecule has 2 heterocycles. The summed E-state index contributed by atoms with van der Waals surface area (Å²) in [6, 6.07) is 10.2. The zero-order chi connectivity index (χ0) is 25.6. The van der Waals surface area contributed by atoms with Crippen molar-refractivity contribution in [2.45, 2.75) is 72.4 Å². The lowest BCUT2D eigenvalue weighted by molar-refractivity contribution is 0.0165. The molecule has 2 aromatic heterocycles. The van der Waals surface area contributed by atoms with E-state index in [0.717, 1.165) is 40.7 Å². The summed E-state index contributed by atoms with van der Waals surface area (Å²) in [5.74, 6) is 0.531. The van der Waals surface area contributed by atoms with Gasteiger partial charge in [-0.2, -0.15) is 0 Å². The molecule has 1 aromatic carbocycles. The monoisotopic (exact) mass is 494 g/mol. The maximum Gasteiger partial charge on any atom is 0.410 e. The van der Waals surface area contributed by atoms with Crippen LogP contribution in [0.15, 0.2) is 53.0 Å². The number of amidine groups is 1. The molecule has 1 atom stereocenters. The van der Waals surface area contributed by atoms with Gasteiger partial charge in [0, 0.05) is 35.2 Å². The van der Waals surface area contributed by atoms with Crippen LogP contribution in [0.1, 0.15) is 71.2 Å². The Bertz CT molecular complexity index is 1190. The predicted octanol–water partition coefficient (Wildman–Crippen LogP) is 7.49. The van der Waals surface area contributed by atoms with E-state index in [1.807, 2.05) is 76.1 Å². The van der Waals surface area contributed by atoms with Crippen LogP contribution in [0.25, 0.3) is 16.5 Å². The predicted molar refractivity (Wildman–Crippen MR) is 149 cm³/mol. The van der Waals surface area contributed by atoms with Crippen LogP contribution in [-0.4, -0.2) is 40.0 Å². The van der Waals surface area contributed by atoms with Gasteiger partial charge in [-0.3, -0.25) is 0 Å². The number of benzene rings is 1. The third-order valence-electron chi connectivity index (χ3n) is 5.83. The van der Waals surface area contributed by atoms with Crippen LogP contribution in [0, 0.1) is 0 Å². The lowest BCUT2D eigenvalue weighted by atomic mass is 9.90. The molecule has 4 rings (SSSR count). The first-order valence-electron chi connectivity index (χ1n) is 12.4. The molecular formula is C28H38N4O2S. The maximum atomic E-state index is 12.6. The maximum absolute atomic E-state index is 12.6. The van der Waals surface area contributed by atoms with E-state index in [9.17, 15) is 4.79 Å². The standard InChI is InChI=1S/C26H32N4O2S.C2H6/c1-5-30(25(31)32-26(2,3)4)19-11-8-17(9-12-19)21-16-28-22-13-10-18(15-20(21)22)29-24(27)23-7-6-14-33-23;1-2/h6-8,10,13-16,19,28H,5,9,11-12H2,1-4H3,(H2,27,29);1-2H3. The molecule has 0 saturated carbocycles. The molecule has 7 heteroatoms. The summed E-state index contributed by atoms with van der Waals surface area (Å²) in [7, 11) is 0. The van der Waals surface area contributed by atoms with E-state index in [4.69, 9.17) is 10.5 Å². The summed E-state index contributed by atoms with van der Waals surface area (Å²) in [6.45, 7) is 12.4. The van der Waals surface area contributed by atoms with E-state index in [-0.39, 0.29) is 12.1 Å². The number of carbonyl (C=O) groups excluding carboxylic acids is 1. The molecule has 3 aromatic rings. The van der Waals surface area contributed by atoms with Crippen LogP contribution < -0.4 is 5.73 Å². The van der Waals surface area contributed by atoms with Gasteiger partial charge in [-0.05, 0) is 82.2 Å². The number of rotatable bonds is 5. The lowest BCUT2D eigenvalue weighted by Gasteiger charge is -2.34. The number of hydrogen-bond acceptors (Lipinski definition) is 4. The number of ether oxygens (including phenoxy) is 1. The highest BCUT2D eigenvalue weighted by Crippen LogP contribution is 2.35. The number of nitrogens with one attached hydrogen (secondary N) is 1. The number of carbonyl (C=O) groups is 1. The minimum atomic E-state index is -0.489. The van der Waals surface area contributed by atoms with Crippen molar-refractivity contribution in [1.29, 1.82) is 0 Å². The van der Waals surface area contributed by atoms with E-state index in [1.54, 1.807) is 11.3 Å². The van der Waals surface area contributed by atoms with Gasteiger partial charge in [0.15, 0.2) is 0 Å². The molecule has 0 aliphatic heterocycles. The minimum Gasteiger partial charge on any atom is -0.444 e. The number of fused-ring (bicyclic) bond motifs is 1. The second-order valence-corrected chi connectivity index (χ2v) is 10.3. The summed E-state index contributed by atoms with van der Waals surface area (Å²) in [5, 5.41) is 3.13. The molecule has 0 spiro atoms. The van der Waals surface area contributed by atoms with E-state index in [0.29, 0.717) is 12.4 Å². The van der Waals surface area contributed by atoms with Crippen molar-refractivity contribution in [2.75, 3.05) is 6.54 Å². The summed E-state index contributed by atoms with van der Waals surface area (Å²) in [5.41, 5.74) is 10.1. The molecule has 0 bridgehead atoms. The fraction of sp³-hybridized carbons (Fsp3) is 0.429. The van der Waals surface area contributed by atoms with Crippen LogP contribution in [0.5, 0.6) is 0 Å². The van der Waals surface area contributed by atoms with Crippen molar-refractivity contribution in [3.63, 3.8) is 0 Å². The van der Waals surface area contributed by atoms with Crippen molar-refractivity contribution in [3.05, 3.63) is 58.4 Å². The Morgan fingerprint density at radius 2 is 2.06 bits per heavy atom. The average Bonchev–Trinajstić information content (AvgIpc) is 3.51. The highest BCUT2D eigenvalue weighted by atomic mass is 32.1. The van der Waals surface area contributed by atoms with E-state index in [2.05, 4.69) is 28.3 Å². The highest BCUT2D eigenvalue weighted by Gasteiger charge is 2.29. The third-order valence-corrected chi connectivity index (χ3v) is 6.72. The number of aromatic amines is 1. The number of aliphatic imine (C=N–C) groups is 1. The number of amides is 1. The van der Waals surface area contributed by atoms with Gasteiger partial charge in [0.05, 0.1) is 10.6 Å². The minimum absolute atomic E-state index is 0.157. The second kappa shape index (κ2) is 11.6. The summed E-state index contributed by atoms with van der Waals surface area (Å²) >= 11 is 1.58. The number of allylic oxidation sites excluding steroid dienone is 1. The van der Waals surface area contributed by atoms with Crippen LogP contribution in [-0.2, 0) is 4.74 Å². The van der Waals surface area contributed by atoms with Gasteiger partial charge in [-0.25, -0.2) is 9.79 Å². The van der Waals surface area contributed by atoms with E-state index in [1.165, 1.54) is 11.1 Å². The third kappa shape index (κ3) is 6.54. The van der Waals surface area contributed by atoms with Crippen molar-refractivity contribution >= 4 is 45.4 Å². The van der Waals surface area contributed by atoms with E-state index < -0.39 is 5.60 Å². The quantitative estimate of drug-likeness (QED) is 0.285. The lowest BCUT2D eigenvalue weighted by Crippen LogP contribution is -2.43. The number of nitrogens with two attached hydrogens (primary N) is 1. The van der Waals surface area contributed by atoms with Gasteiger partial charge in [-0.15, -0.1) is 11.3 Å². The zero-order valence-electron chi connectivity index (χ0n) is 21.7. The first-order chi connectivity index (χ1) is 16.7. The molecule has 188 valence electrons. The van der Waals surface area contributed by atoms with Crippen LogP contribution >= 0.6 is 11.3 Å². The Balaban J connectivity index is 0.00000167. The number of aromatic nitrogens is 1. The van der Waals surface area contributed by atoms with Crippen LogP contribution in [0.2, 0.25) is 0 Å². The van der Waals surface area contributed by atoms with E-state index >= 15 is 0 Å². The molecule has 1 aliphatic carbocycles. The van der Waals surface area contributed by atoms with Gasteiger partial charge in [0.2, 0.25) is 0 Å². The van der Waals surface area contributed by atoms with Gasteiger partial charge in [-0.1, -0.05) is 26.0 Å². The fourth-order valence-electron chi connectivity index (χ4n) is 4.27. The topological polar surface area (TPSA) is 83.7 Å². The molecule has 1 aliphatic rings. The summed E-state index contributed by atoms with van der Waals surface area (Å²) in [4.78, 5) is 23.5. The van der Waals surface area contributed by atoms with Crippen molar-refractivity contribution in [3.8, 4) is 0 Å². The second-order valence-electron chi connectivity index (χ2n) is 9.33. The van der Waals surface area contributed by atoms with Gasteiger partial charge in [0.25, 0.3) is 0 Å². The smallest absolute Gasteiger partial charge is 0.410 e. The summed E-state index contributed by atoms with van der Waals surface area (Å²) in [6.07, 6.45) is 6.73. The van der Waals surface area contributed by atoms with Crippen molar-refractivity contribution in [2.24, 2.45) is 10.7 Å². The Kier molecular flexibility index (Phi) is 8.78. The van der Waals surface area contributed by atoms with Gasteiger partial charge >= 0.3 is 6.09 Å². The zero-order valence-corrected chi connectivity index (χ0v) is 22.5. The number of thiophene rings is 1. The van der Waals surface area contributed by atoms with Crippen molar-refractivity contribution < 1.29 is 9.53 Å². The molecule has 1 unspecified atom stereocenters. The van der Waals surface area contributed by atoms with Crippen molar-refractivity contribution in [1.82, 2.24) is 9.88 Å². The summed E-state index contributed by atoms with van der Waals surface area (Å²) < 4.78 is 5.61. The first-order valence-corrected chi connectivity index (χ1v) is 13.3. The Morgan fingerprint density at radius 1 is 1.29 bits per heavy atom. The Labute approximate surface area is 212 Å². The molecular weight excluding hydrogens is 456 g/mol.